The van der Waals surface area contributed by atoms with Crippen LogP contribution in [0.1, 0.15) is 64.2 Å². The summed E-state index contributed by atoms with van der Waals surface area (Å²) in [5.41, 5.74) is 12.1. The van der Waals surface area contributed by atoms with E-state index in [0.717, 1.165) is 77.5 Å². The van der Waals surface area contributed by atoms with Gasteiger partial charge in [0.05, 0.1) is 0 Å². The molecule has 2 saturated heterocycles. The van der Waals surface area contributed by atoms with Gasteiger partial charge >= 0.3 is 0 Å². The summed E-state index contributed by atoms with van der Waals surface area (Å²) in [7, 11) is 0. The van der Waals surface area contributed by atoms with Crippen molar-refractivity contribution >= 4 is 23.8 Å². The summed E-state index contributed by atoms with van der Waals surface area (Å²) < 4.78 is 0. The molecule has 3 fully saturated rings. The Morgan fingerprint density at radius 2 is 1.09 bits per heavy atom. The molecule has 3 rings (SSSR count). The van der Waals surface area contributed by atoms with Crippen LogP contribution in [0.3, 0.4) is 0 Å². The van der Waals surface area contributed by atoms with Gasteiger partial charge in [0.25, 0.3) is 0 Å². The highest BCUT2D eigenvalue weighted by molar-refractivity contribution is 5.97. The molecule has 1 aliphatic carbocycles. The first-order chi connectivity index (χ1) is 15.5. The molecule has 1 saturated carbocycles. The Labute approximate surface area is 192 Å². The van der Waals surface area contributed by atoms with Crippen molar-refractivity contribution < 1.29 is 0 Å². The standard InChI is InChI=1S/C22H42N10/c23-19(29-21(25)31-10-3-1-4-11-31)27-15-17-8-7-9-18(14-17)16-28-20(24)30-22(26)32-12-5-2-6-13-32/h17-18H,1-16H2,(H4,23,25,27,29)(H4,24,26,28,30). The fraction of sp³-hybridized carbons (Fsp3) is 0.818. The number of rotatable bonds is 4. The first-order valence-electron chi connectivity index (χ1n) is 12.3. The van der Waals surface area contributed by atoms with Crippen LogP contribution in [0, 0.1) is 22.7 Å². The molecule has 0 spiro atoms. The van der Waals surface area contributed by atoms with Gasteiger partial charge in [0.15, 0.2) is 23.8 Å². The summed E-state index contributed by atoms with van der Waals surface area (Å²) in [5.74, 6) is 2.36. The molecule has 2 atom stereocenters. The van der Waals surface area contributed by atoms with E-state index >= 15 is 0 Å². The van der Waals surface area contributed by atoms with E-state index in [4.69, 9.17) is 22.3 Å². The fourth-order valence-electron chi connectivity index (χ4n) is 4.90. The van der Waals surface area contributed by atoms with Crippen molar-refractivity contribution in [3.63, 3.8) is 0 Å². The largest absolute Gasteiger partial charge is 0.370 e. The predicted molar refractivity (Wildman–Crippen MR) is 131 cm³/mol. The van der Waals surface area contributed by atoms with E-state index in [0.29, 0.717) is 48.8 Å². The Balaban J connectivity index is 1.38. The number of nitrogens with zero attached hydrogens (tertiary/aromatic N) is 4. The van der Waals surface area contributed by atoms with Crippen LogP contribution in [0.25, 0.3) is 0 Å². The SMILES string of the molecule is N=C(NC(N)=NCC1CCCC(CN=C(N)NC(=N)N2CCCCC2)C1)N1CCCCC1. The molecule has 32 heavy (non-hydrogen) atoms. The molecule has 0 aromatic carbocycles. The van der Waals surface area contributed by atoms with E-state index in [1.54, 1.807) is 0 Å². The third kappa shape index (κ3) is 7.87. The average molecular weight is 447 g/mol. The van der Waals surface area contributed by atoms with E-state index < -0.39 is 0 Å². The van der Waals surface area contributed by atoms with Crippen LogP contribution in [0.2, 0.25) is 0 Å². The molecule has 3 aliphatic rings. The minimum atomic E-state index is 0.338. The Kier molecular flexibility index (Phi) is 9.43. The van der Waals surface area contributed by atoms with Crippen LogP contribution in [0.4, 0.5) is 0 Å². The summed E-state index contributed by atoms with van der Waals surface area (Å²) >= 11 is 0. The molecule has 0 bridgehead atoms. The smallest absolute Gasteiger partial charge is 0.197 e. The lowest BCUT2D eigenvalue weighted by Crippen LogP contribution is -2.48. The van der Waals surface area contributed by atoms with E-state index in [2.05, 4.69) is 20.6 Å². The third-order valence-electron chi connectivity index (χ3n) is 6.77. The monoisotopic (exact) mass is 446 g/mol. The molecule has 0 radical (unpaired) electrons. The van der Waals surface area contributed by atoms with Gasteiger partial charge in [0.2, 0.25) is 0 Å². The highest BCUT2D eigenvalue weighted by atomic mass is 15.3. The number of nitrogens with one attached hydrogen (secondary N) is 4. The number of piperidine rings is 2. The molecular weight excluding hydrogens is 404 g/mol. The zero-order valence-electron chi connectivity index (χ0n) is 19.4. The highest BCUT2D eigenvalue weighted by Gasteiger charge is 2.22. The molecule has 2 heterocycles. The van der Waals surface area contributed by atoms with Gasteiger partial charge in [-0.25, -0.2) is 0 Å². The van der Waals surface area contributed by atoms with Crippen molar-refractivity contribution in [1.29, 1.82) is 10.8 Å². The molecule has 2 aliphatic heterocycles. The number of hydrogen-bond donors (Lipinski definition) is 6. The van der Waals surface area contributed by atoms with Crippen LogP contribution in [-0.2, 0) is 0 Å². The molecule has 0 amide bonds. The minimum absolute atomic E-state index is 0.338. The maximum absolute atomic E-state index is 8.18. The maximum Gasteiger partial charge on any atom is 0.197 e. The topological polar surface area (TPSA) is 155 Å². The van der Waals surface area contributed by atoms with Gasteiger partial charge in [-0.15, -0.1) is 0 Å². The zero-order valence-corrected chi connectivity index (χ0v) is 19.4. The lowest BCUT2D eigenvalue weighted by molar-refractivity contribution is 0.278. The lowest BCUT2D eigenvalue weighted by atomic mass is 9.81. The van der Waals surface area contributed by atoms with E-state index in [1.807, 2.05) is 9.80 Å². The molecule has 180 valence electrons. The van der Waals surface area contributed by atoms with Crippen LogP contribution >= 0.6 is 0 Å². The number of hydrogen-bond acceptors (Lipinski definition) is 4. The summed E-state index contributed by atoms with van der Waals surface area (Å²) in [5, 5.41) is 22.3. The number of guanidine groups is 4. The molecule has 10 nitrogen and oxygen atoms in total. The average Bonchev–Trinajstić information content (AvgIpc) is 2.83. The second-order valence-electron chi connectivity index (χ2n) is 9.39. The van der Waals surface area contributed by atoms with Crippen molar-refractivity contribution in [2.75, 3.05) is 39.3 Å². The van der Waals surface area contributed by atoms with Crippen LogP contribution in [-0.4, -0.2) is 72.9 Å². The quantitative estimate of drug-likeness (QED) is 0.284. The van der Waals surface area contributed by atoms with Gasteiger partial charge in [-0.05, 0) is 69.6 Å². The second kappa shape index (κ2) is 12.5. The van der Waals surface area contributed by atoms with E-state index in [-0.39, 0.29) is 0 Å². The summed E-state index contributed by atoms with van der Waals surface area (Å²) in [6, 6.07) is 0. The molecule has 2 unspecified atom stereocenters. The van der Waals surface area contributed by atoms with E-state index in [9.17, 15) is 0 Å². The van der Waals surface area contributed by atoms with Gasteiger partial charge in [-0.1, -0.05) is 6.42 Å². The molecule has 8 N–H and O–H groups in total. The zero-order chi connectivity index (χ0) is 22.8. The summed E-state index contributed by atoms with van der Waals surface area (Å²) in [6.07, 6.45) is 11.5. The van der Waals surface area contributed by atoms with Gasteiger partial charge in [0.1, 0.15) is 0 Å². The van der Waals surface area contributed by atoms with Crippen molar-refractivity contribution in [3.05, 3.63) is 0 Å². The Morgan fingerprint density at radius 3 is 1.50 bits per heavy atom. The van der Waals surface area contributed by atoms with Crippen LogP contribution < -0.4 is 22.1 Å². The summed E-state index contributed by atoms with van der Waals surface area (Å²) in [4.78, 5) is 13.1. The minimum Gasteiger partial charge on any atom is -0.370 e. The predicted octanol–water partition coefficient (Wildman–Crippen LogP) is 1.44. The van der Waals surface area contributed by atoms with Gasteiger partial charge in [-0.3, -0.25) is 31.4 Å². The van der Waals surface area contributed by atoms with Crippen LogP contribution in [0.5, 0.6) is 0 Å². The first kappa shape index (κ1) is 24.1. The Morgan fingerprint density at radius 1 is 0.688 bits per heavy atom. The van der Waals surface area contributed by atoms with Crippen LogP contribution in [0.15, 0.2) is 9.98 Å². The van der Waals surface area contributed by atoms with Crippen molar-refractivity contribution in [2.45, 2.75) is 64.2 Å². The lowest BCUT2D eigenvalue weighted by Gasteiger charge is -2.29. The second-order valence-corrected chi connectivity index (χ2v) is 9.39. The molecular formula is C22H42N10. The molecule has 10 heteroatoms. The molecule has 0 aromatic heterocycles. The summed E-state index contributed by atoms with van der Waals surface area (Å²) in [6.45, 7) is 5.02. The maximum atomic E-state index is 8.18. The van der Waals surface area contributed by atoms with Crippen molar-refractivity contribution in [2.24, 2.45) is 33.3 Å². The Bertz CT molecular complexity index is 620. The molecule has 0 aromatic rings. The number of aliphatic imine (C=N–C) groups is 2. The highest BCUT2D eigenvalue weighted by Crippen LogP contribution is 2.29. The first-order valence-corrected chi connectivity index (χ1v) is 12.3. The van der Waals surface area contributed by atoms with Crippen molar-refractivity contribution in [1.82, 2.24) is 20.4 Å². The normalized spacial score (nSPS) is 25.4. The number of likely N-dealkylation sites (tertiary alicyclic amines) is 2. The van der Waals surface area contributed by atoms with E-state index in [1.165, 1.54) is 12.8 Å². The van der Waals surface area contributed by atoms with Crippen molar-refractivity contribution in [3.8, 4) is 0 Å². The Hall–Kier alpha value is -2.52. The fourth-order valence-corrected chi connectivity index (χ4v) is 4.90. The van der Waals surface area contributed by atoms with Gasteiger partial charge in [0, 0.05) is 39.3 Å². The van der Waals surface area contributed by atoms with Gasteiger partial charge in [-0.2, -0.15) is 0 Å². The van der Waals surface area contributed by atoms with Gasteiger partial charge < -0.3 is 21.3 Å². The number of nitrogens with two attached hydrogens (primary N) is 2. The third-order valence-corrected chi connectivity index (χ3v) is 6.77.